The summed E-state index contributed by atoms with van der Waals surface area (Å²) in [5.41, 5.74) is 3.82. The second kappa shape index (κ2) is 6.77. The third-order valence-electron chi connectivity index (χ3n) is 4.95. The molecule has 2 aromatic rings. The van der Waals surface area contributed by atoms with E-state index in [0.717, 1.165) is 50.8 Å². The summed E-state index contributed by atoms with van der Waals surface area (Å²) in [4.78, 5) is 14.2. The van der Waals surface area contributed by atoms with Crippen LogP contribution >= 0.6 is 0 Å². The fourth-order valence-electron chi connectivity index (χ4n) is 3.56. The van der Waals surface area contributed by atoms with Gasteiger partial charge in [0.05, 0.1) is 12.8 Å². The van der Waals surface area contributed by atoms with Gasteiger partial charge in [0, 0.05) is 50.9 Å². The van der Waals surface area contributed by atoms with Gasteiger partial charge in [-0.1, -0.05) is 12.1 Å². The Balaban J connectivity index is 1.43. The molecule has 1 aromatic heterocycles. The molecule has 4 rings (SSSR count). The van der Waals surface area contributed by atoms with Crippen LogP contribution in [-0.4, -0.2) is 41.6 Å². The average Bonchev–Trinajstić information content (AvgIpc) is 3.17. The number of ether oxygens (including phenoxy) is 1. The molecule has 2 aliphatic heterocycles. The number of hydrogen-bond acceptors (Lipinski definition) is 5. The maximum Gasteiger partial charge on any atom is 0.225 e. The highest BCUT2D eigenvalue weighted by atomic mass is 16.5. The minimum absolute atomic E-state index is 0.908. The van der Waals surface area contributed by atoms with E-state index >= 15 is 0 Å². The summed E-state index contributed by atoms with van der Waals surface area (Å²) in [6, 6.07) is 8.33. The van der Waals surface area contributed by atoms with Crippen LogP contribution in [0.15, 0.2) is 30.5 Å². The molecule has 5 heteroatoms. The molecule has 126 valence electrons. The van der Waals surface area contributed by atoms with Crippen molar-refractivity contribution in [2.45, 2.75) is 32.4 Å². The molecule has 0 unspecified atom stereocenters. The van der Waals surface area contributed by atoms with Gasteiger partial charge in [-0.25, -0.2) is 9.97 Å². The van der Waals surface area contributed by atoms with Gasteiger partial charge in [0.2, 0.25) is 5.95 Å². The van der Waals surface area contributed by atoms with Gasteiger partial charge in [-0.05, 0) is 30.5 Å². The highest BCUT2D eigenvalue weighted by Crippen LogP contribution is 2.23. The van der Waals surface area contributed by atoms with Crippen LogP contribution in [0.1, 0.15) is 29.7 Å². The quantitative estimate of drug-likeness (QED) is 0.865. The molecule has 3 heterocycles. The van der Waals surface area contributed by atoms with Crippen LogP contribution in [0.4, 0.5) is 5.95 Å². The molecular formula is C19H24N4O. The van der Waals surface area contributed by atoms with Crippen molar-refractivity contribution >= 4 is 5.95 Å². The topological polar surface area (TPSA) is 41.5 Å². The normalized spacial score (nSPS) is 17.8. The van der Waals surface area contributed by atoms with Crippen molar-refractivity contribution in [2.24, 2.45) is 0 Å². The highest BCUT2D eigenvalue weighted by molar-refractivity contribution is 5.35. The van der Waals surface area contributed by atoms with Gasteiger partial charge in [0.15, 0.2) is 0 Å². The zero-order valence-corrected chi connectivity index (χ0v) is 14.2. The Morgan fingerprint density at radius 1 is 1.08 bits per heavy atom. The minimum atomic E-state index is 0.908. The van der Waals surface area contributed by atoms with Crippen molar-refractivity contribution < 1.29 is 4.74 Å². The third kappa shape index (κ3) is 3.22. The first-order chi connectivity index (χ1) is 11.8. The molecule has 2 aliphatic rings. The molecule has 0 bridgehead atoms. The number of methoxy groups -OCH3 is 1. The van der Waals surface area contributed by atoms with Crippen LogP contribution in [0.2, 0.25) is 0 Å². The summed E-state index contributed by atoms with van der Waals surface area (Å²) in [5.74, 6) is 1.83. The standard InChI is InChI=1S/C19H24N4O/c1-24-17-6-4-15(5-7-17)13-22-11-8-18-16(14-22)12-20-19(21-18)23-9-2-3-10-23/h4-7,12H,2-3,8-11,13-14H2,1H3. The maximum atomic E-state index is 5.22. The Morgan fingerprint density at radius 3 is 2.62 bits per heavy atom. The Labute approximate surface area is 143 Å². The summed E-state index contributed by atoms with van der Waals surface area (Å²) in [5, 5.41) is 0. The monoisotopic (exact) mass is 324 g/mol. The van der Waals surface area contributed by atoms with Gasteiger partial charge in [-0.15, -0.1) is 0 Å². The van der Waals surface area contributed by atoms with Gasteiger partial charge in [0.25, 0.3) is 0 Å². The molecule has 0 N–H and O–H groups in total. The first-order valence-electron chi connectivity index (χ1n) is 8.77. The molecule has 0 amide bonds. The molecule has 1 saturated heterocycles. The number of fused-ring (bicyclic) bond motifs is 1. The summed E-state index contributed by atoms with van der Waals surface area (Å²) in [6.07, 6.45) is 5.57. The largest absolute Gasteiger partial charge is 0.497 e. The predicted octanol–water partition coefficient (Wildman–Crippen LogP) is 2.64. The average molecular weight is 324 g/mol. The Kier molecular flexibility index (Phi) is 4.34. The van der Waals surface area contributed by atoms with Crippen LogP contribution in [0.25, 0.3) is 0 Å². The Morgan fingerprint density at radius 2 is 1.88 bits per heavy atom. The number of hydrogen-bond donors (Lipinski definition) is 0. The maximum absolute atomic E-state index is 5.22. The van der Waals surface area contributed by atoms with Gasteiger partial charge in [-0.3, -0.25) is 4.90 Å². The zero-order valence-electron chi connectivity index (χ0n) is 14.2. The fraction of sp³-hybridized carbons (Fsp3) is 0.474. The van der Waals surface area contributed by atoms with E-state index in [0.29, 0.717) is 0 Å². The van der Waals surface area contributed by atoms with E-state index in [9.17, 15) is 0 Å². The number of aromatic nitrogens is 2. The molecule has 0 atom stereocenters. The van der Waals surface area contributed by atoms with E-state index in [1.807, 2.05) is 18.3 Å². The number of benzene rings is 1. The molecule has 0 spiro atoms. The second-order valence-electron chi connectivity index (χ2n) is 6.64. The molecule has 0 radical (unpaired) electrons. The molecule has 24 heavy (non-hydrogen) atoms. The minimum Gasteiger partial charge on any atom is -0.497 e. The number of anilines is 1. The van der Waals surface area contributed by atoms with Crippen molar-refractivity contribution in [3.63, 3.8) is 0 Å². The van der Waals surface area contributed by atoms with Crippen molar-refractivity contribution in [1.82, 2.24) is 14.9 Å². The van der Waals surface area contributed by atoms with Crippen molar-refractivity contribution in [3.05, 3.63) is 47.3 Å². The lowest BCUT2D eigenvalue weighted by molar-refractivity contribution is 0.243. The molecule has 5 nitrogen and oxygen atoms in total. The fourth-order valence-corrected chi connectivity index (χ4v) is 3.56. The Hall–Kier alpha value is -2.14. The van der Waals surface area contributed by atoms with E-state index in [1.54, 1.807) is 7.11 Å². The summed E-state index contributed by atoms with van der Waals surface area (Å²) in [6.45, 7) is 5.14. The van der Waals surface area contributed by atoms with Crippen molar-refractivity contribution in [1.29, 1.82) is 0 Å². The number of rotatable bonds is 4. The third-order valence-corrected chi connectivity index (χ3v) is 4.95. The lowest BCUT2D eigenvalue weighted by Crippen LogP contribution is -2.31. The van der Waals surface area contributed by atoms with E-state index in [-0.39, 0.29) is 0 Å². The second-order valence-corrected chi connectivity index (χ2v) is 6.64. The molecular weight excluding hydrogens is 300 g/mol. The lowest BCUT2D eigenvalue weighted by atomic mass is 10.1. The van der Waals surface area contributed by atoms with Crippen LogP contribution < -0.4 is 9.64 Å². The van der Waals surface area contributed by atoms with E-state index in [2.05, 4.69) is 26.9 Å². The van der Waals surface area contributed by atoms with E-state index in [4.69, 9.17) is 9.72 Å². The van der Waals surface area contributed by atoms with Gasteiger partial charge >= 0.3 is 0 Å². The summed E-state index contributed by atoms with van der Waals surface area (Å²) >= 11 is 0. The lowest BCUT2D eigenvalue weighted by Gasteiger charge is -2.28. The van der Waals surface area contributed by atoms with Crippen LogP contribution in [-0.2, 0) is 19.5 Å². The van der Waals surface area contributed by atoms with Gasteiger partial charge in [0.1, 0.15) is 5.75 Å². The van der Waals surface area contributed by atoms with Crippen LogP contribution in [0, 0.1) is 0 Å². The van der Waals surface area contributed by atoms with Crippen LogP contribution in [0.5, 0.6) is 5.75 Å². The smallest absolute Gasteiger partial charge is 0.225 e. The molecule has 0 saturated carbocycles. The highest BCUT2D eigenvalue weighted by Gasteiger charge is 2.21. The zero-order chi connectivity index (χ0) is 16.4. The summed E-state index contributed by atoms with van der Waals surface area (Å²) in [7, 11) is 1.70. The van der Waals surface area contributed by atoms with Gasteiger partial charge in [-0.2, -0.15) is 0 Å². The SMILES string of the molecule is COc1ccc(CN2CCc3nc(N4CCCC4)ncc3C2)cc1. The van der Waals surface area contributed by atoms with Gasteiger partial charge < -0.3 is 9.64 Å². The molecule has 0 aliphatic carbocycles. The summed E-state index contributed by atoms with van der Waals surface area (Å²) < 4.78 is 5.22. The first kappa shape index (κ1) is 15.4. The predicted molar refractivity (Wildman–Crippen MR) is 94.3 cm³/mol. The Bertz CT molecular complexity index is 695. The van der Waals surface area contributed by atoms with E-state index in [1.165, 1.54) is 29.7 Å². The molecule has 1 aromatic carbocycles. The molecule has 1 fully saturated rings. The van der Waals surface area contributed by atoms with Crippen molar-refractivity contribution in [2.75, 3.05) is 31.6 Å². The number of nitrogens with zero attached hydrogens (tertiary/aromatic N) is 4. The van der Waals surface area contributed by atoms with Crippen LogP contribution in [0.3, 0.4) is 0 Å². The van der Waals surface area contributed by atoms with Crippen molar-refractivity contribution in [3.8, 4) is 5.75 Å². The first-order valence-corrected chi connectivity index (χ1v) is 8.77. The van der Waals surface area contributed by atoms with E-state index < -0.39 is 0 Å².